The van der Waals surface area contributed by atoms with Gasteiger partial charge in [0.2, 0.25) is 0 Å². The van der Waals surface area contributed by atoms with E-state index in [9.17, 15) is 9.90 Å². The average molecular weight is 330 g/mol. The molecule has 0 saturated carbocycles. The first-order valence-electron chi connectivity index (χ1n) is 7.62. The number of carbonyl (C=O) groups is 1. The molecule has 0 saturated heterocycles. The standard InChI is InChI=1S/C19H22O5/c1-12-5-6-16(9-13(12)2)24-18(19(20)21)11-14-10-15(22-3)7-8-17(14)23-4/h5-10,18H,11H2,1-4H3,(H,20,21)/t18-/m0/s1. The van der Waals surface area contributed by atoms with Gasteiger partial charge in [-0.25, -0.2) is 4.79 Å². The van der Waals surface area contributed by atoms with E-state index in [2.05, 4.69) is 0 Å². The maximum atomic E-state index is 11.6. The van der Waals surface area contributed by atoms with Crippen molar-refractivity contribution in [1.82, 2.24) is 0 Å². The van der Waals surface area contributed by atoms with E-state index < -0.39 is 12.1 Å². The third-order valence-electron chi connectivity index (χ3n) is 3.93. The Hall–Kier alpha value is -2.69. The minimum atomic E-state index is -1.03. The molecule has 2 rings (SSSR count). The van der Waals surface area contributed by atoms with Crippen molar-refractivity contribution in [3.05, 3.63) is 53.1 Å². The molecule has 0 aromatic heterocycles. The van der Waals surface area contributed by atoms with Gasteiger partial charge in [-0.2, -0.15) is 0 Å². The minimum Gasteiger partial charge on any atom is -0.497 e. The molecule has 0 fully saturated rings. The van der Waals surface area contributed by atoms with Crippen LogP contribution in [0.15, 0.2) is 36.4 Å². The molecule has 0 aliphatic rings. The van der Waals surface area contributed by atoms with Gasteiger partial charge in [0.15, 0.2) is 6.10 Å². The number of methoxy groups -OCH3 is 2. The van der Waals surface area contributed by atoms with Gasteiger partial charge in [-0.05, 0) is 55.3 Å². The van der Waals surface area contributed by atoms with Crippen LogP contribution in [-0.2, 0) is 11.2 Å². The van der Waals surface area contributed by atoms with Crippen LogP contribution < -0.4 is 14.2 Å². The molecule has 1 atom stereocenters. The first-order chi connectivity index (χ1) is 11.4. The van der Waals surface area contributed by atoms with Crippen LogP contribution in [0.1, 0.15) is 16.7 Å². The summed E-state index contributed by atoms with van der Waals surface area (Å²) in [6.07, 6.45) is -0.851. The topological polar surface area (TPSA) is 65.0 Å². The Kier molecular flexibility index (Phi) is 5.68. The third kappa shape index (κ3) is 4.19. The molecule has 2 aromatic carbocycles. The second kappa shape index (κ2) is 7.73. The fourth-order valence-corrected chi connectivity index (χ4v) is 2.37. The van der Waals surface area contributed by atoms with Crippen LogP contribution in [-0.4, -0.2) is 31.4 Å². The van der Waals surface area contributed by atoms with Gasteiger partial charge in [0.05, 0.1) is 14.2 Å². The number of aliphatic carboxylic acids is 1. The van der Waals surface area contributed by atoms with E-state index in [0.717, 1.165) is 11.1 Å². The zero-order valence-electron chi connectivity index (χ0n) is 14.3. The maximum Gasteiger partial charge on any atom is 0.345 e. The predicted molar refractivity (Wildman–Crippen MR) is 91.2 cm³/mol. The molecular formula is C19H22O5. The second-order valence-electron chi connectivity index (χ2n) is 5.57. The van der Waals surface area contributed by atoms with Crippen LogP contribution in [0, 0.1) is 13.8 Å². The molecule has 0 bridgehead atoms. The smallest absolute Gasteiger partial charge is 0.345 e. The zero-order valence-corrected chi connectivity index (χ0v) is 14.3. The average Bonchev–Trinajstić information content (AvgIpc) is 2.57. The molecule has 1 N–H and O–H groups in total. The first-order valence-corrected chi connectivity index (χ1v) is 7.62. The van der Waals surface area contributed by atoms with Crippen molar-refractivity contribution >= 4 is 5.97 Å². The molecule has 0 unspecified atom stereocenters. The Balaban J connectivity index is 2.25. The van der Waals surface area contributed by atoms with Crippen molar-refractivity contribution < 1.29 is 24.1 Å². The number of carboxylic acids is 1. The van der Waals surface area contributed by atoms with E-state index in [1.807, 2.05) is 26.0 Å². The molecule has 0 aliphatic carbocycles. The summed E-state index contributed by atoms with van der Waals surface area (Å²) in [5.41, 5.74) is 2.90. The fraction of sp³-hybridized carbons (Fsp3) is 0.316. The second-order valence-corrected chi connectivity index (χ2v) is 5.57. The number of aryl methyl sites for hydroxylation is 2. The Bertz CT molecular complexity index is 724. The van der Waals surface area contributed by atoms with E-state index in [0.29, 0.717) is 22.8 Å². The van der Waals surface area contributed by atoms with Gasteiger partial charge in [0.25, 0.3) is 0 Å². The number of hydrogen-bond acceptors (Lipinski definition) is 4. The highest BCUT2D eigenvalue weighted by molar-refractivity contribution is 5.73. The van der Waals surface area contributed by atoms with Gasteiger partial charge >= 0.3 is 5.97 Å². The summed E-state index contributed by atoms with van der Waals surface area (Å²) >= 11 is 0. The fourth-order valence-electron chi connectivity index (χ4n) is 2.37. The van der Waals surface area contributed by atoms with Gasteiger partial charge in [-0.1, -0.05) is 6.07 Å². The Morgan fingerprint density at radius 2 is 1.71 bits per heavy atom. The van der Waals surface area contributed by atoms with E-state index >= 15 is 0 Å². The lowest BCUT2D eigenvalue weighted by atomic mass is 10.1. The number of hydrogen-bond donors (Lipinski definition) is 1. The van der Waals surface area contributed by atoms with Crippen molar-refractivity contribution in [3.63, 3.8) is 0 Å². The van der Waals surface area contributed by atoms with E-state index in [4.69, 9.17) is 14.2 Å². The monoisotopic (exact) mass is 330 g/mol. The summed E-state index contributed by atoms with van der Waals surface area (Å²) in [5, 5.41) is 9.51. The zero-order chi connectivity index (χ0) is 17.7. The van der Waals surface area contributed by atoms with Crippen LogP contribution in [0.2, 0.25) is 0 Å². The van der Waals surface area contributed by atoms with Gasteiger partial charge < -0.3 is 19.3 Å². The quantitative estimate of drug-likeness (QED) is 0.843. The molecule has 24 heavy (non-hydrogen) atoms. The number of ether oxygens (including phenoxy) is 3. The summed E-state index contributed by atoms with van der Waals surface area (Å²) in [5.74, 6) is 0.748. The molecule has 0 amide bonds. The first kappa shape index (κ1) is 17.7. The lowest BCUT2D eigenvalue weighted by molar-refractivity contribution is -0.145. The Morgan fingerprint density at radius 1 is 1.00 bits per heavy atom. The van der Waals surface area contributed by atoms with Crippen molar-refractivity contribution in [2.75, 3.05) is 14.2 Å². The third-order valence-corrected chi connectivity index (χ3v) is 3.93. The lowest BCUT2D eigenvalue weighted by Gasteiger charge is -2.18. The molecule has 0 spiro atoms. The van der Waals surface area contributed by atoms with Gasteiger partial charge in [-0.15, -0.1) is 0 Å². The summed E-state index contributed by atoms with van der Waals surface area (Å²) in [6.45, 7) is 3.96. The maximum absolute atomic E-state index is 11.6. The molecule has 5 nitrogen and oxygen atoms in total. The molecule has 0 aliphatic heterocycles. The van der Waals surface area contributed by atoms with Crippen molar-refractivity contribution in [1.29, 1.82) is 0 Å². The van der Waals surface area contributed by atoms with Crippen LogP contribution in [0.25, 0.3) is 0 Å². The van der Waals surface area contributed by atoms with E-state index in [1.165, 1.54) is 0 Å². The molecular weight excluding hydrogens is 308 g/mol. The Morgan fingerprint density at radius 3 is 2.29 bits per heavy atom. The SMILES string of the molecule is COc1ccc(OC)c(C[C@H](Oc2ccc(C)c(C)c2)C(=O)O)c1. The lowest BCUT2D eigenvalue weighted by Crippen LogP contribution is -2.29. The van der Waals surface area contributed by atoms with Gasteiger partial charge in [-0.3, -0.25) is 0 Å². The summed E-state index contributed by atoms with van der Waals surface area (Å²) in [7, 11) is 3.11. The molecule has 5 heteroatoms. The van der Waals surface area contributed by atoms with Gasteiger partial charge in [0, 0.05) is 12.0 Å². The summed E-state index contributed by atoms with van der Waals surface area (Å²) in [4.78, 5) is 11.6. The number of rotatable bonds is 7. The normalized spacial score (nSPS) is 11.7. The predicted octanol–water partition coefficient (Wildman–Crippen LogP) is 3.40. The number of benzene rings is 2. The van der Waals surface area contributed by atoms with Crippen LogP contribution >= 0.6 is 0 Å². The highest BCUT2D eigenvalue weighted by Gasteiger charge is 2.22. The summed E-state index contributed by atoms with van der Waals surface area (Å²) < 4.78 is 16.2. The molecule has 0 radical (unpaired) electrons. The molecule has 2 aromatic rings. The van der Waals surface area contributed by atoms with Crippen LogP contribution in [0.4, 0.5) is 0 Å². The van der Waals surface area contributed by atoms with Crippen LogP contribution in [0.5, 0.6) is 17.2 Å². The van der Waals surface area contributed by atoms with E-state index in [-0.39, 0.29) is 6.42 Å². The highest BCUT2D eigenvalue weighted by Crippen LogP contribution is 2.26. The van der Waals surface area contributed by atoms with Crippen molar-refractivity contribution in [2.24, 2.45) is 0 Å². The van der Waals surface area contributed by atoms with Crippen molar-refractivity contribution in [2.45, 2.75) is 26.4 Å². The molecule has 0 heterocycles. The molecule has 128 valence electrons. The van der Waals surface area contributed by atoms with Gasteiger partial charge in [0.1, 0.15) is 17.2 Å². The largest absolute Gasteiger partial charge is 0.497 e. The number of carboxylic acid groups (broad SMARTS) is 1. The minimum absolute atomic E-state index is 0.169. The summed E-state index contributed by atoms with van der Waals surface area (Å²) in [6, 6.07) is 10.8. The Labute approximate surface area is 141 Å². The van der Waals surface area contributed by atoms with Crippen LogP contribution in [0.3, 0.4) is 0 Å². The van der Waals surface area contributed by atoms with Crippen molar-refractivity contribution in [3.8, 4) is 17.2 Å². The highest BCUT2D eigenvalue weighted by atomic mass is 16.5. The van der Waals surface area contributed by atoms with E-state index in [1.54, 1.807) is 38.5 Å².